The predicted octanol–water partition coefficient (Wildman–Crippen LogP) is 1.47. The van der Waals surface area contributed by atoms with Crippen LogP contribution in [0.4, 0.5) is 0 Å². The van der Waals surface area contributed by atoms with Gasteiger partial charge in [0, 0.05) is 13.5 Å². The van der Waals surface area contributed by atoms with E-state index >= 15 is 0 Å². The van der Waals surface area contributed by atoms with E-state index < -0.39 is 0 Å². The molecule has 0 aliphatic carbocycles. The number of unbranched alkanes of at least 4 members (excludes halogenated alkanes) is 2. The molecule has 9 heavy (non-hydrogen) atoms. The second kappa shape index (κ2) is 5.60. The fraction of sp³-hybridized carbons (Fsp3) is 0.714. The standard InChI is InChI=1S/C7H14NO/c1-3-4-5-6-8-7(2)9/h6H,3-5H2,1-2H3,(H,8,9). The highest BCUT2D eigenvalue weighted by molar-refractivity contribution is 5.73. The van der Waals surface area contributed by atoms with Crippen LogP contribution < -0.4 is 5.32 Å². The molecule has 1 N–H and O–H groups in total. The van der Waals surface area contributed by atoms with Crippen molar-refractivity contribution in [1.29, 1.82) is 0 Å². The Morgan fingerprint density at radius 3 is 2.78 bits per heavy atom. The van der Waals surface area contributed by atoms with Crippen molar-refractivity contribution in [2.75, 3.05) is 0 Å². The Morgan fingerprint density at radius 2 is 2.33 bits per heavy atom. The lowest BCUT2D eigenvalue weighted by atomic mass is 10.2. The van der Waals surface area contributed by atoms with Gasteiger partial charge >= 0.3 is 0 Å². The first kappa shape index (κ1) is 8.47. The molecule has 0 saturated heterocycles. The van der Waals surface area contributed by atoms with Gasteiger partial charge in [0.2, 0.25) is 5.91 Å². The molecule has 0 aromatic rings. The predicted molar refractivity (Wildman–Crippen MR) is 37.6 cm³/mol. The van der Waals surface area contributed by atoms with Crippen LogP contribution in [-0.2, 0) is 4.79 Å². The summed E-state index contributed by atoms with van der Waals surface area (Å²) in [4.78, 5) is 10.3. The normalized spacial score (nSPS) is 9.11. The fourth-order valence-electron chi connectivity index (χ4n) is 0.522. The zero-order valence-corrected chi connectivity index (χ0v) is 6.11. The molecule has 0 bridgehead atoms. The Hall–Kier alpha value is -0.530. The zero-order valence-electron chi connectivity index (χ0n) is 6.11. The average Bonchev–Trinajstić information content (AvgIpc) is 1.80. The molecule has 0 atom stereocenters. The van der Waals surface area contributed by atoms with Crippen LogP contribution >= 0.6 is 0 Å². The Balaban J connectivity index is 2.83. The van der Waals surface area contributed by atoms with Gasteiger partial charge in [-0.05, 0) is 6.42 Å². The number of hydrogen-bond acceptors (Lipinski definition) is 1. The molecule has 0 rings (SSSR count). The van der Waals surface area contributed by atoms with Crippen LogP contribution in [0.5, 0.6) is 0 Å². The molecule has 0 fully saturated rings. The van der Waals surface area contributed by atoms with Crippen molar-refractivity contribution in [3.8, 4) is 0 Å². The van der Waals surface area contributed by atoms with Crippen molar-refractivity contribution in [2.24, 2.45) is 0 Å². The topological polar surface area (TPSA) is 29.1 Å². The van der Waals surface area contributed by atoms with E-state index in [0.717, 1.165) is 12.8 Å². The third-order valence-electron chi connectivity index (χ3n) is 1.01. The SMILES string of the molecule is CCCC[CH]NC(C)=O. The number of carbonyl (C=O) groups is 1. The molecule has 1 radical (unpaired) electrons. The highest BCUT2D eigenvalue weighted by atomic mass is 16.1. The van der Waals surface area contributed by atoms with E-state index in [4.69, 9.17) is 0 Å². The molecule has 0 aliphatic rings. The van der Waals surface area contributed by atoms with Gasteiger partial charge in [-0.3, -0.25) is 4.79 Å². The van der Waals surface area contributed by atoms with Crippen LogP contribution in [0, 0.1) is 6.54 Å². The second-order valence-corrected chi connectivity index (χ2v) is 2.05. The largest absolute Gasteiger partial charge is 0.352 e. The number of nitrogens with one attached hydrogen (secondary N) is 1. The van der Waals surface area contributed by atoms with Crippen molar-refractivity contribution in [2.45, 2.75) is 33.1 Å². The quantitative estimate of drug-likeness (QED) is 0.571. The van der Waals surface area contributed by atoms with Crippen LogP contribution in [0.15, 0.2) is 0 Å². The summed E-state index contributed by atoms with van der Waals surface area (Å²) in [6, 6.07) is 0. The maximum Gasteiger partial charge on any atom is 0.217 e. The molecule has 0 saturated carbocycles. The second-order valence-electron chi connectivity index (χ2n) is 2.05. The fourth-order valence-corrected chi connectivity index (χ4v) is 0.522. The van der Waals surface area contributed by atoms with E-state index in [1.165, 1.54) is 13.3 Å². The summed E-state index contributed by atoms with van der Waals surface area (Å²) in [6.07, 6.45) is 3.31. The molecule has 0 heterocycles. The third-order valence-corrected chi connectivity index (χ3v) is 1.01. The summed E-state index contributed by atoms with van der Waals surface area (Å²) in [6.45, 7) is 5.45. The minimum absolute atomic E-state index is 0.0195. The van der Waals surface area contributed by atoms with Gasteiger partial charge in [-0.25, -0.2) is 0 Å². The van der Waals surface area contributed by atoms with E-state index in [1.807, 2.05) is 6.54 Å². The summed E-state index contributed by atoms with van der Waals surface area (Å²) in [5.74, 6) is 0.0195. The average molecular weight is 128 g/mol. The summed E-state index contributed by atoms with van der Waals surface area (Å²) in [5, 5.41) is 2.62. The minimum atomic E-state index is 0.0195. The molecule has 1 amide bonds. The highest BCUT2D eigenvalue weighted by Crippen LogP contribution is 1.93. The van der Waals surface area contributed by atoms with Crippen LogP contribution in [0.1, 0.15) is 33.1 Å². The number of amides is 1. The molecule has 0 spiro atoms. The summed E-state index contributed by atoms with van der Waals surface area (Å²) < 4.78 is 0. The monoisotopic (exact) mass is 128 g/mol. The molecule has 0 aliphatic heterocycles. The number of carbonyl (C=O) groups excluding carboxylic acids is 1. The molecule has 2 heteroatoms. The maximum absolute atomic E-state index is 10.3. The van der Waals surface area contributed by atoms with Gasteiger partial charge in [-0.1, -0.05) is 19.8 Å². The molecule has 0 unspecified atom stereocenters. The molecule has 2 nitrogen and oxygen atoms in total. The Bertz CT molecular complexity index is 81.0. The van der Waals surface area contributed by atoms with Gasteiger partial charge in [0.15, 0.2) is 0 Å². The minimum Gasteiger partial charge on any atom is -0.352 e. The molecule has 0 aromatic carbocycles. The van der Waals surface area contributed by atoms with E-state index in [1.54, 1.807) is 0 Å². The smallest absolute Gasteiger partial charge is 0.217 e. The van der Waals surface area contributed by atoms with E-state index in [9.17, 15) is 4.79 Å². The van der Waals surface area contributed by atoms with Crippen LogP contribution in [0.2, 0.25) is 0 Å². The van der Waals surface area contributed by atoms with E-state index in [-0.39, 0.29) is 5.91 Å². The van der Waals surface area contributed by atoms with E-state index in [0.29, 0.717) is 0 Å². The van der Waals surface area contributed by atoms with Crippen molar-refractivity contribution >= 4 is 5.91 Å². The van der Waals surface area contributed by atoms with Crippen molar-refractivity contribution < 1.29 is 4.79 Å². The lowest BCUT2D eigenvalue weighted by Crippen LogP contribution is -2.15. The van der Waals surface area contributed by atoms with E-state index in [2.05, 4.69) is 12.2 Å². The van der Waals surface area contributed by atoms with Gasteiger partial charge in [-0.2, -0.15) is 0 Å². The first-order valence-corrected chi connectivity index (χ1v) is 3.36. The lowest BCUT2D eigenvalue weighted by molar-refractivity contribution is -0.118. The Labute approximate surface area is 56.6 Å². The molecule has 53 valence electrons. The number of hydrogen-bond donors (Lipinski definition) is 1. The maximum atomic E-state index is 10.3. The Morgan fingerprint density at radius 1 is 1.67 bits per heavy atom. The molecule has 0 aromatic heterocycles. The van der Waals surface area contributed by atoms with Crippen molar-refractivity contribution in [1.82, 2.24) is 5.32 Å². The van der Waals surface area contributed by atoms with Gasteiger partial charge in [0.05, 0.1) is 0 Å². The molecular formula is C7H14NO. The molecular weight excluding hydrogens is 114 g/mol. The van der Waals surface area contributed by atoms with Crippen LogP contribution in [0.25, 0.3) is 0 Å². The highest BCUT2D eigenvalue weighted by Gasteiger charge is 1.88. The van der Waals surface area contributed by atoms with Crippen LogP contribution in [0.3, 0.4) is 0 Å². The zero-order chi connectivity index (χ0) is 7.11. The summed E-state index contributed by atoms with van der Waals surface area (Å²) in [5.41, 5.74) is 0. The van der Waals surface area contributed by atoms with Crippen molar-refractivity contribution in [3.63, 3.8) is 0 Å². The van der Waals surface area contributed by atoms with Gasteiger partial charge in [-0.15, -0.1) is 0 Å². The van der Waals surface area contributed by atoms with Crippen molar-refractivity contribution in [3.05, 3.63) is 6.54 Å². The third kappa shape index (κ3) is 7.47. The van der Waals surface area contributed by atoms with Crippen LogP contribution in [-0.4, -0.2) is 5.91 Å². The lowest BCUT2D eigenvalue weighted by Gasteiger charge is -1.97. The van der Waals surface area contributed by atoms with Gasteiger partial charge < -0.3 is 5.32 Å². The first-order valence-electron chi connectivity index (χ1n) is 3.36. The first-order chi connectivity index (χ1) is 4.27. The number of rotatable bonds is 4. The van der Waals surface area contributed by atoms with Gasteiger partial charge in [0.1, 0.15) is 0 Å². The summed E-state index contributed by atoms with van der Waals surface area (Å²) in [7, 11) is 0. The van der Waals surface area contributed by atoms with Gasteiger partial charge in [0.25, 0.3) is 0 Å². The Kier molecular flexibility index (Phi) is 5.27. The summed E-state index contributed by atoms with van der Waals surface area (Å²) >= 11 is 0.